The van der Waals surface area contributed by atoms with Gasteiger partial charge in [0.2, 0.25) is 5.91 Å². The fraction of sp³-hybridized carbons (Fsp3) is 0.533. The summed E-state index contributed by atoms with van der Waals surface area (Å²) in [7, 11) is 0. The molecule has 2 rings (SSSR count). The van der Waals surface area contributed by atoms with Crippen LogP contribution in [0, 0.1) is 5.92 Å². The first-order valence-electron chi connectivity index (χ1n) is 6.75. The summed E-state index contributed by atoms with van der Waals surface area (Å²) in [6, 6.07) is 10.6. The number of hydrogen-bond acceptors (Lipinski definition) is 2. The minimum Gasteiger partial charge on any atom is -0.342 e. The summed E-state index contributed by atoms with van der Waals surface area (Å²) >= 11 is 0. The molecule has 1 aromatic rings. The van der Waals surface area contributed by atoms with Gasteiger partial charge in [-0.1, -0.05) is 37.3 Å². The molecule has 2 N–H and O–H groups in total. The lowest BCUT2D eigenvalue weighted by atomic mass is 9.81. The topological polar surface area (TPSA) is 46.3 Å². The van der Waals surface area contributed by atoms with Crippen LogP contribution in [0.2, 0.25) is 0 Å². The standard InChI is InChI=1S/C15H22N2O.ClH/c1-12-11-17(15(18)7-9-16)10-8-14(12)13-5-3-2-4-6-13;/h2-6,12,14H,7-11,16H2,1H3;1H. The third-order valence-electron chi connectivity index (χ3n) is 3.84. The molecular formula is C15H23ClN2O. The second kappa shape index (κ2) is 7.51. The summed E-state index contributed by atoms with van der Waals surface area (Å²) in [5.41, 5.74) is 6.84. The Bertz CT molecular complexity index is 396. The predicted molar refractivity (Wildman–Crippen MR) is 80.5 cm³/mol. The molecule has 0 bridgehead atoms. The summed E-state index contributed by atoms with van der Waals surface area (Å²) in [6.45, 7) is 4.41. The molecule has 0 spiro atoms. The number of hydrogen-bond donors (Lipinski definition) is 1. The Labute approximate surface area is 121 Å². The van der Waals surface area contributed by atoms with Crippen molar-refractivity contribution in [1.29, 1.82) is 0 Å². The lowest BCUT2D eigenvalue weighted by Gasteiger charge is -2.37. The van der Waals surface area contributed by atoms with Crippen molar-refractivity contribution < 1.29 is 4.79 Å². The van der Waals surface area contributed by atoms with Crippen LogP contribution >= 0.6 is 12.4 Å². The van der Waals surface area contributed by atoms with E-state index >= 15 is 0 Å². The number of carbonyl (C=O) groups is 1. The van der Waals surface area contributed by atoms with Crippen molar-refractivity contribution in [3.05, 3.63) is 35.9 Å². The van der Waals surface area contributed by atoms with Crippen molar-refractivity contribution in [3.8, 4) is 0 Å². The van der Waals surface area contributed by atoms with Crippen molar-refractivity contribution in [2.75, 3.05) is 19.6 Å². The summed E-state index contributed by atoms with van der Waals surface area (Å²) in [6.07, 6.45) is 1.53. The fourth-order valence-electron chi connectivity index (χ4n) is 2.85. The monoisotopic (exact) mass is 282 g/mol. The van der Waals surface area contributed by atoms with E-state index in [-0.39, 0.29) is 18.3 Å². The number of halogens is 1. The normalized spacial score (nSPS) is 22.7. The molecule has 1 fully saturated rings. The van der Waals surface area contributed by atoms with Crippen LogP contribution in [0.4, 0.5) is 0 Å². The molecule has 1 aliphatic heterocycles. The highest BCUT2D eigenvalue weighted by Crippen LogP contribution is 2.32. The molecule has 1 aromatic carbocycles. The van der Waals surface area contributed by atoms with E-state index in [0.29, 0.717) is 24.8 Å². The summed E-state index contributed by atoms with van der Waals surface area (Å²) in [4.78, 5) is 13.8. The van der Waals surface area contributed by atoms with E-state index in [1.54, 1.807) is 0 Å². The number of carbonyl (C=O) groups excluding carboxylic acids is 1. The minimum atomic E-state index is 0. The molecule has 0 saturated carbocycles. The average molecular weight is 283 g/mol. The second-order valence-corrected chi connectivity index (χ2v) is 5.16. The van der Waals surface area contributed by atoms with Gasteiger partial charge in [-0.25, -0.2) is 0 Å². The van der Waals surface area contributed by atoms with Crippen molar-refractivity contribution in [3.63, 3.8) is 0 Å². The largest absolute Gasteiger partial charge is 0.342 e. The Morgan fingerprint density at radius 3 is 2.63 bits per heavy atom. The van der Waals surface area contributed by atoms with Crippen LogP contribution in [0.25, 0.3) is 0 Å². The van der Waals surface area contributed by atoms with Crippen molar-refractivity contribution in [2.24, 2.45) is 11.7 Å². The molecule has 1 amide bonds. The van der Waals surface area contributed by atoms with Crippen molar-refractivity contribution in [2.45, 2.75) is 25.7 Å². The summed E-state index contributed by atoms with van der Waals surface area (Å²) in [5.74, 6) is 1.30. The van der Waals surface area contributed by atoms with Crippen LogP contribution in [0.5, 0.6) is 0 Å². The molecule has 0 radical (unpaired) electrons. The average Bonchev–Trinajstić information content (AvgIpc) is 2.40. The van der Waals surface area contributed by atoms with E-state index in [9.17, 15) is 4.79 Å². The molecule has 2 atom stereocenters. The third kappa shape index (κ3) is 3.95. The molecule has 0 aromatic heterocycles. The number of nitrogens with two attached hydrogens (primary N) is 1. The lowest BCUT2D eigenvalue weighted by molar-refractivity contribution is -0.132. The van der Waals surface area contributed by atoms with Gasteiger partial charge in [0.05, 0.1) is 0 Å². The van der Waals surface area contributed by atoms with E-state index in [0.717, 1.165) is 19.5 Å². The predicted octanol–water partition coefficient (Wildman–Crippen LogP) is 2.41. The molecule has 4 heteroatoms. The molecule has 3 nitrogen and oxygen atoms in total. The van der Waals surface area contributed by atoms with Crippen LogP contribution in [-0.4, -0.2) is 30.4 Å². The Hall–Kier alpha value is -1.06. The minimum absolute atomic E-state index is 0. The van der Waals surface area contributed by atoms with Crippen LogP contribution in [0.15, 0.2) is 30.3 Å². The molecular weight excluding hydrogens is 260 g/mol. The lowest BCUT2D eigenvalue weighted by Crippen LogP contribution is -2.42. The van der Waals surface area contributed by atoms with Gasteiger partial charge in [0, 0.05) is 26.1 Å². The maximum absolute atomic E-state index is 11.8. The zero-order valence-corrected chi connectivity index (χ0v) is 12.2. The van der Waals surface area contributed by atoms with Gasteiger partial charge < -0.3 is 10.6 Å². The maximum Gasteiger partial charge on any atom is 0.223 e. The Morgan fingerprint density at radius 2 is 2.05 bits per heavy atom. The Kier molecular flexibility index (Phi) is 6.32. The van der Waals surface area contributed by atoms with Gasteiger partial charge in [-0.05, 0) is 23.8 Å². The fourth-order valence-corrected chi connectivity index (χ4v) is 2.85. The Morgan fingerprint density at radius 1 is 1.37 bits per heavy atom. The van der Waals surface area contributed by atoms with Crippen LogP contribution in [0.3, 0.4) is 0 Å². The van der Waals surface area contributed by atoms with Gasteiger partial charge in [-0.3, -0.25) is 4.79 Å². The first-order valence-corrected chi connectivity index (χ1v) is 6.75. The number of piperidine rings is 1. The van der Waals surface area contributed by atoms with Gasteiger partial charge in [0.15, 0.2) is 0 Å². The zero-order chi connectivity index (χ0) is 13.0. The highest BCUT2D eigenvalue weighted by Gasteiger charge is 2.28. The van der Waals surface area contributed by atoms with E-state index in [2.05, 4.69) is 31.2 Å². The van der Waals surface area contributed by atoms with Crippen molar-refractivity contribution >= 4 is 18.3 Å². The van der Waals surface area contributed by atoms with Crippen LogP contribution < -0.4 is 5.73 Å². The van der Waals surface area contributed by atoms with Crippen LogP contribution in [0.1, 0.15) is 31.2 Å². The van der Waals surface area contributed by atoms with Gasteiger partial charge in [0.1, 0.15) is 0 Å². The molecule has 1 heterocycles. The molecule has 2 unspecified atom stereocenters. The van der Waals surface area contributed by atoms with E-state index in [1.165, 1.54) is 5.56 Å². The van der Waals surface area contributed by atoms with Crippen LogP contribution in [-0.2, 0) is 4.79 Å². The number of amides is 1. The molecule has 0 aliphatic carbocycles. The second-order valence-electron chi connectivity index (χ2n) is 5.16. The van der Waals surface area contributed by atoms with Gasteiger partial charge in [-0.2, -0.15) is 0 Å². The number of benzene rings is 1. The summed E-state index contributed by atoms with van der Waals surface area (Å²) in [5, 5.41) is 0. The highest BCUT2D eigenvalue weighted by molar-refractivity contribution is 5.85. The van der Waals surface area contributed by atoms with Gasteiger partial charge in [0.25, 0.3) is 0 Å². The SMILES string of the molecule is CC1CN(C(=O)CCN)CCC1c1ccccc1.Cl. The third-order valence-corrected chi connectivity index (χ3v) is 3.84. The molecule has 1 saturated heterocycles. The first kappa shape index (κ1) is 16.0. The quantitative estimate of drug-likeness (QED) is 0.925. The highest BCUT2D eigenvalue weighted by atomic mass is 35.5. The van der Waals surface area contributed by atoms with E-state index in [1.807, 2.05) is 11.0 Å². The molecule has 1 aliphatic rings. The van der Waals surface area contributed by atoms with E-state index in [4.69, 9.17) is 5.73 Å². The van der Waals surface area contributed by atoms with E-state index < -0.39 is 0 Å². The van der Waals surface area contributed by atoms with Crippen molar-refractivity contribution in [1.82, 2.24) is 4.90 Å². The molecule has 19 heavy (non-hydrogen) atoms. The van der Waals surface area contributed by atoms with Gasteiger partial charge >= 0.3 is 0 Å². The molecule has 106 valence electrons. The Balaban J connectivity index is 0.00000180. The zero-order valence-electron chi connectivity index (χ0n) is 11.4. The maximum atomic E-state index is 11.8. The number of nitrogens with zero attached hydrogens (tertiary/aromatic N) is 1. The first-order chi connectivity index (χ1) is 8.72. The smallest absolute Gasteiger partial charge is 0.223 e. The van der Waals surface area contributed by atoms with Gasteiger partial charge in [-0.15, -0.1) is 12.4 Å². The number of rotatable bonds is 3. The summed E-state index contributed by atoms with van der Waals surface area (Å²) < 4.78 is 0. The number of likely N-dealkylation sites (tertiary alicyclic amines) is 1.